The third kappa shape index (κ3) is 6.27. The van der Waals surface area contributed by atoms with Crippen molar-refractivity contribution in [1.29, 1.82) is 0 Å². The van der Waals surface area contributed by atoms with Gasteiger partial charge < -0.3 is 15.3 Å². The van der Waals surface area contributed by atoms with Gasteiger partial charge >= 0.3 is 12.0 Å². The monoisotopic (exact) mass is 256 g/mol. The second kappa shape index (κ2) is 8.55. The zero-order valence-corrected chi connectivity index (χ0v) is 11.5. The molecule has 0 bridgehead atoms. The molecule has 1 atom stereocenters. The SMILES string of the molecule is C=CCN(CCC)C(=O)NC(CC(C)C)C(=O)O. The van der Waals surface area contributed by atoms with E-state index in [2.05, 4.69) is 11.9 Å². The Kier molecular flexibility index (Phi) is 7.83. The number of carboxylic acids is 1. The largest absolute Gasteiger partial charge is 0.480 e. The van der Waals surface area contributed by atoms with Crippen LogP contribution in [0.2, 0.25) is 0 Å². The summed E-state index contributed by atoms with van der Waals surface area (Å²) in [7, 11) is 0. The summed E-state index contributed by atoms with van der Waals surface area (Å²) in [5.41, 5.74) is 0. The molecule has 5 heteroatoms. The first-order chi connectivity index (χ1) is 8.42. The number of hydrogen-bond acceptors (Lipinski definition) is 2. The molecule has 0 aromatic carbocycles. The molecule has 0 aliphatic heterocycles. The first kappa shape index (κ1) is 16.5. The molecule has 0 saturated heterocycles. The van der Waals surface area contributed by atoms with Crippen LogP contribution in [-0.4, -0.2) is 41.1 Å². The lowest BCUT2D eigenvalue weighted by molar-refractivity contribution is -0.139. The van der Waals surface area contributed by atoms with Gasteiger partial charge in [0.05, 0.1) is 0 Å². The molecule has 0 aliphatic rings. The summed E-state index contributed by atoms with van der Waals surface area (Å²) < 4.78 is 0. The molecule has 0 aromatic rings. The standard InChI is InChI=1S/C13H24N2O3/c1-5-7-15(8-6-2)13(18)14-11(12(16)17)9-10(3)4/h5,10-11H,1,6-9H2,2-4H3,(H,14,18)(H,16,17). The second-order valence-corrected chi connectivity index (χ2v) is 4.70. The van der Waals surface area contributed by atoms with Crippen LogP contribution in [0, 0.1) is 5.92 Å². The fourth-order valence-electron chi connectivity index (χ4n) is 1.63. The molecule has 0 fully saturated rings. The number of nitrogens with one attached hydrogen (secondary N) is 1. The van der Waals surface area contributed by atoms with Crippen LogP contribution in [0.4, 0.5) is 4.79 Å². The molecule has 0 spiro atoms. The predicted molar refractivity (Wildman–Crippen MR) is 71.5 cm³/mol. The molecule has 0 rings (SSSR count). The zero-order chi connectivity index (χ0) is 14.1. The lowest BCUT2D eigenvalue weighted by Crippen LogP contribution is -2.48. The number of carbonyl (C=O) groups is 2. The Morgan fingerprint density at radius 2 is 2.06 bits per heavy atom. The molecule has 0 saturated carbocycles. The molecule has 0 radical (unpaired) electrons. The summed E-state index contributed by atoms with van der Waals surface area (Å²) >= 11 is 0. The van der Waals surface area contributed by atoms with Crippen molar-refractivity contribution >= 4 is 12.0 Å². The van der Waals surface area contributed by atoms with Crippen LogP contribution in [0.3, 0.4) is 0 Å². The fourth-order valence-corrected chi connectivity index (χ4v) is 1.63. The van der Waals surface area contributed by atoms with Gasteiger partial charge in [-0.15, -0.1) is 6.58 Å². The summed E-state index contributed by atoms with van der Waals surface area (Å²) in [5, 5.41) is 11.6. The number of carboxylic acid groups (broad SMARTS) is 1. The summed E-state index contributed by atoms with van der Waals surface area (Å²) in [6.45, 7) is 10.4. The highest BCUT2D eigenvalue weighted by molar-refractivity contribution is 5.82. The Morgan fingerprint density at radius 3 is 2.44 bits per heavy atom. The first-order valence-corrected chi connectivity index (χ1v) is 6.31. The number of urea groups is 1. The van der Waals surface area contributed by atoms with E-state index in [1.807, 2.05) is 20.8 Å². The van der Waals surface area contributed by atoms with Crippen LogP contribution in [-0.2, 0) is 4.79 Å². The molecule has 18 heavy (non-hydrogen) atoms. The quantitative estimate of drug-likeness (QED) is 0.653. The lowest BCUT2D eigenvalue weighted by atomic mass is 10.0. The molecule has 2 amide bonds. The van der Waals surface area contributed by atoms with Gasteiger partial charge in [-0.05, 0) is 18.8 Å². The molecule has 0 heterocycles. The first-order valence-electron chi connectivity index (χ1n) is 6.31. The molecular formula is C13H24N2O3. The Balaban J connectivity index is 4.54. The van der Waals surface area contributed by atoms with Crippen molar-refractivity contribution in [2.75, 3.05) is 13.1 Å². The highest BCUT2D eigenvalue weighted by Crippen LogP contribution is 2.06. The molecule has 5 nitrogen and oxygen atoms in total. The number of carbonyl (C=O) groups excluding carboxylic acids is 1. The second-order valence-electron chi connectivity index (χ2n) is 4.70. The van der Waals surface area contributed by atoms with Crippen molar-refractivity contribution in [2.24, 2.45) is 5.92 Å². The molecule has 2 N–H and O–H groups in total. The maximum absolute atomic E-state index is 11.9. The van der Waals surface area contributed by atoms with Crippen molar-refractivity contribution in [3.63, 3.8) is 0 Å². The van der Waals surface area contributed by atoms with E-state index >= 15 is 0 Å². The maximum atomic E-state index is 11.9. The number of rotatable bonds is 8. The van der Waals surface area contributed by atoms with E-state index in [4.69, 9.17) is 5.11 Å². The summed E-state index contributed by atoms with van der Waals surface area (Å²) in [5.74, 6) is -0.780. The number of nitrogens with zero attached hydrogens (tertiary/aromatic N) is 1. The maximum Gasteiger partial charge on any atom is 0.326 e. The predicted octanol–water partition coefficient (Wildman–Crippen LogP) is 2.09. The van der Waals surface area contributed by atoms with Crippen LogP contribution >= 0.6 is 0 Å². The minimum absolute atomic E-state index is 0.213. The van der Waals surface area contributed by atoms with Crippen LogP contribution in [0.5, 0.6) is 0 Å². The Hall–Kier alpha value is -1.52. The molecule has 1 unspecified atom stereocenters. The van der Waals surface area contributed by atoms with Crippen LogP contribution < -0.4 is 5.32 Å². The third-order valence-corrected chi connectivity index (χ3v) is 2.43. The molecule has 104 valence electrons. The highest BCUT2D eigenvalue weighted by Gasteiger charge is 2.23. The van der Waals surface area contributed by atoms with Crippen molar-refractivity contribution in [2.45, 2.75) is 39.7 Å². The van der Waals surface area contributed by atoms with Gasteiger partial charge in [0.1, 0.15) is 6.04 Å². The Labute approximate surface area is 109 Å². The average Bonchev–Trinajstić information content (AvgIpc) is 2.27. The normalized spacial score (nSPS) is 12.0. The van der Waals surface area contributed by atoms with E-state index < -0.39 is 12.0 Å². The van der Waals surface area contributed by atoms with Crippen molar-refractivity contribution in [3.8, 4) is 0 Å². The minimum atomic E-state index is -0.993. The van der Waals surface area contributed by atoms with E-state index in [-0.39, 0.29) is 11.9 Å². The van der Waals surface area contributed by atoms with Crippen LogP contribution in [0.15, 0.2) is 12.7 Å². The summed E-state index contributed by atoms with van der Waals surface area (Å²) in [4.78, 5) is 24.5. The fraction of sp³-hybridized carbons (Fsp3) is 0.692. The highest BCUT2D eigenvalue weighted by atomic mass is 16.4. The zero-order valence-electron chi connectivity index (χ0n) is 11.5. The lowest BCUT2D eigenvalue weighted by Gasteiger charge is -2.24. The molecule has 0 aromatic heterocycles. The average molecular weight is 256 g/mol. The topological polar surface area (TPSA) is 69.6 Å². The van der Waals surface area contributed by atoms with Gasteiger partial charge in [0.15, 0.2) is 0 Å². The van der Waals surface area contributed by atoms with E-state index in [0.717, 1.165) is 6.42 Å². The summed E-state index contributed by atoms with van der Waals surface area (Å²) in [6.07, 6.45) is 2.88. The van der Waals surface area contributed by atoms with Gasteiger partial charge in [-0.2, -0.15) is 0 Å². The minimum Gasteiger partial charge on any atom is -0.480 e. The summed E-state index contributed by atoms with van der Waals surface area (Å²) in [6, 6.07) is -1.17. The van der Waals surface area contributed by atoms with Gasteiger partial charge in [-0.1, -0.05) is 26.8 Å². The van der Waals surface area contributed by atoms with E-state index in [1.165, 1.54) is 0 Å². The van der Waals surface area contributed by atoms with Gasteiger partial charge in [-0.3, -0.25) is 0 Å². The van der Waals surface area contributed by atoms with Gasteiger partial charge in [0, 0.05) is 13.1 Å². The van der Waals surface area contributed by atoms with Crippen molar-refractivity contribution in [3.05, 3.63) is 12.7 Å². The van der Waals surface area contributed by atoms with E-state index in [0.29, 0.717) is 19.5 Å². The number of amides is 2. The van der Waals surface area contributed by atoms with Crippen LogP contribution in [0.1, 0.15) is 33.6 Å². The smallest absolute Gasteiger partial charge is 0.326 e. The van der Waals surface area contributed by atoms with Gasteiger partial charge in [0.25, 0.3) is 0 Å². The Morgan fingerprint density at radius 1 is 1.44 bits per heavy atom. The molecule has 0 aliphatic carbocycles. The van der Waals surface area contributed by atoms with Crippen molar-refractivity contribution in [1.82, 2.24) is 10.2 Å². The number of hydrogen-bond donors (Lipinski definition) is 2. The van der Waals surface area contributed by atoms with E-state index in [9.17, 15) is 9.59 Å². The Bertz CT molecular complexity index is 290. The van der Waals surface area contributed by atoms with Crippen LogP contribution in [0.25, 0.3) is 0 Å². The third-order valence-electron chi connectivity index (χ3n) is 2.43. The van der Waals surface area contributed by atoms with E-state index in [1.54, 1.807) is 11.0 Å². The molecular weight excluding hydrogens is 232 g/mol. The van der Waals surface area contributed by atoms with Gasteiger partial charge in [0.2, 0.25) is 0 Å². The number of aliphatic carboxylic acids is 1. The van der Waals surface area contributed by atoms with Gasteiger partial charge in [-0.25, -0.2) is 9.59 Å². The van der Waals surface area contributed by atoms with Crippen molar-refractivity contribution < 1.29 is 14.7 Å².